The number of carbonyl (C=O) groups is 3. The summed E-state index contributed by atoms with van der Waals surface area (Å²) < 4.78 is 6.43. The number of nitro groups is 1. The highest BCUT2D eigenvalue weighted by molar-refractivity contribution is 6.42. The summed E-state index contributed by atoms with van der Waals surface area (Å²) in [5, 5.41) is 26.6. The van der Waals surface area contributed by atoms with Crippen LogP contribution in [-0.2, 0) is 20.9 Å². The number of carboxylic acid groups (broad SMARTS) is 1. The van der Waals surface area contributed by atoms with Crippen molar-refractivity contribution in [1.82, 2.24) is 9.55 Å². The number of halogens is 1. The number of nitro benzene ring substituents is 1. The van der Waals surface area contributed by atoms with Gasteiger partial charge in [-0.2, -0.15) is 0 Å². The number of ether oxygens (including phenoxy) is 1. The van der Waals surface area contributed by atoms with Gasteiger partial charge >= 0.3 is 12.1 Å². The van der Waals surface area contributed by atoms with Crippen LogP contribution < -0.4 is 10.6 Å². The minimum Gasteiger partial charge on any atom is -0.477 e. The fraction of sp³-hybridized carbons (Fsp3) is 0.0952. The number of amides is 1. The van der Waals surface area contributed by atoms with E-state index in [2.05, 4.69) is 20.6 Å². The maximum atomic E-state index is 12.0. The summed E-state index contributed by atoms with van der Waals surface area (Å²) in [5.41, 5.74) is 0.181. The molecular formula is C21H15ClN6O7. The molecule has 0 saturated heterocycles. The number of fused-ring (bicyclic) bond motifs is 1. The first-order valence-electron chi connectivity index (χ1n) is 9.84. The van der Waals surface area contributed by atoms with Crippen molar-refractivity contribution in [2.24, 2.45) is 4.99 Å². The Morgan fingerprint density at radius 1 is 1.34 bits per heavy atom. The molecule has 0 spiro atoms. The van der Waals surface area contributed by atoms with E-state index < -0.39 is 28.7 Å². The maximum absolute atomic E-state index is 12.0. The summed E-state index contributed by atoms with van der Waals surface area (Å²) in [7, 11) is 0. The van der Waals surface area contributed by atoms with E-state index in [1.165, 1.54) is 29.2 Å². The number of carbonyl (C=O) groups excluding carboxylic acids is 2. The van der Waals surface area contributed by atoms with Crippen LogP contribution in [0.15, 0.2) is 53.9 Å². The van der Waals surface area contributed by atoms with Crippen LogP contribution in [0.25, 0.3) is 5.69 Å². The van der Waals surface area contributed by atoms with Crippen molar-refractivity contribution in [3.8, 4) is 5.69 Å². The third-order valence-corrected chi connectivity index (χ3v) is 5.06. The van der Waals surface area contributed by atoms with Crippen LogP contribution in [0.4, 0.5) is 27.5 Å². The van der Waals surface area contributed by atoms with Crippen LogP contribution in [0.3, 0.4) is 0 Å². The lowest BCUT2D eigenvalue weighted by molar-refractivity contribution is -0.384. The number of nitrogens with one attached hydrogen (secondary N) is 2. The van der Waals surface area contributed by atoms with E-state index in [-0.39, 0.29) is 35.1 Å². The van der Waals surface area contributed by atoms with Crippen molar-refractivity contribution in [3.05, 3.63) is 69.8 Å². The molecule has 2 heterocycles. The lowest BCUT2D eigenvalue weighted by Crippen LogP contribution is -2.38. The molecule has 13 nitrogen and oxygen atoms in total. The Morgan fingerprint density at radius 3 is 2.83 bits per heavy atom. The number of benzene rings is 2. The summed E-state index contributed by atoms with van der Waals surface area (Å²) in [6, 6.07) is 7.66. The zero-order valence-electron chi connectivity index (χ0n) is 17.5. The molecule has 1 amide bonds. The van der Waals surface area contributed by atoms with Gasteiger partial charge in [-0.05, 0) is 24.3 Å². The van der Waals surface area contributed by atoms with Crippen molar-refractivity contribution in [2.45, 2.75) is 12.6 Å². The average molecular weight is 499 g/mol. The van der Waals surface area contributed by atoms with E-state index >= 15 is 0 Å². The maximum Gasteiger partial charge on any atom is 0.412 e. The molecule has 1 atom stereocenters. The lowest BCUT2D eigenvalue weighted by Gasteiger charge is -2.21. The highest BCUT2D eigenvalue weighted by atomic mass is 35.5. The van der Waals surface area contributed by atoms with E-state index in [4.69, 9.17) is 16.3 Å². The topological polar surface area (TPSA) is 178 Å². The molecule has 4 rings (SSSR count). The molecule has 0 radical (unpaired) electrons. The second-order valence-electron chi connectivity index (χ2n) is 7.16. The number of aldehydes is 1. The molecule has 178 valence electrons. The van der Waals surface area contributed by atoms with Crippen LogP contribution >= 0.6 is 11.6 Å². The van der Waals surface area contributed by atoms with Crippen molar-refractivity contribution >= 4 is 58.4 Å². The van der Waals surface area contributed by atoms with Gasteiger partial charge in [0.25, 0.3) is 5.69 Å². The Balaban J connectivity index is 1.56. The zero-order chi connectivity index (χ0) is 25.1. The van der Waals surface area contributed by atoms with Gasteiger partial charge in [0.1, 0.15) is 24.6 Å². The van der Waals surface area contributed by atoms with Gasteiger partial charge in [0, 0.05) is 23.0 Å². The van der Waals surface area contributed by atoms with Gasteiger partial charge in [-0.3, -0.25) is 20.0 Å². The molecule has 35 heavy (non-hydrogen) atoms. The molecule has 0 aliphatic carbocycles. The van der Waals surface area contributed by atoms with Gasteiger partial charge in [0.2, 0.25) is 0 Å². The Kier molecular flexibility index (Phi) is 6.42. The molecule has 1 aliphatic heterocycles. The van der Waals surface area contributed by atoms with Crippen molar-refractivity contribution in [2.75, 3.05) is 10.6 Å². The van der Waals surface area contributed by atoms with Crippen LogP contribution in [-0.4, -0.2) is 49.7 Å². The molecule has 1 aliphatic rings. The Labute approximate surface area is 201 Å². The van der Waals surface area contributed by atoms with E-state index in [0.717, 1.165) is 6.07 Å². The molecular weight excluding hydrogens is 484 g/mol. The van der Waals surface area contributed by atoms with Gasteiger partial charge in [-0.25, -0.2) is 19.6 Å². The highest BCUT2D eigenvalue weighted by Crippen LogP contribution is 2.38. The van der Waals surface area contributed by atoms with E-state index in [1.54, 1.807) is 18.2 Å². The smallest absolute Gasteiger partial charge is 0.412 e. The minimum absolute atomic E-state index is 0.0377. The van der Waals surface area contributed by atoms with Gasteiger partial charge in [-0.1, -0.05) is 17.7 Å². The molecule has 14 heteroatoms. The molecule has 2 aromatic carbocycles. The third-order valence-electron chi connectivity index (χ3n) is 4.83. The predicted molar refractivity (Wildman–Crippen MR) is 124 cm³/mol. The third kappa shape index (κ3) is 5.09. The van der Waals surface area contributed by atoms with Crippen molar-refractivity contribution in [3.63, 3.8) is 0 Å². The van der Waals surface area contributed by atoms with Crippen molar-refractivity contribution in [1.29, 1.82) is 0 Å². The summed E-state index contributed by atoms with van der Waals surface area (Å²) in [6.45, 7) is -0.234. The van der Waals surface area contributed by atoms with Gasteiger partial charge in [0.05, 0.1) is 28.3 Å². The molecule has 0 fully saturated rings. The standard InChI is InChI=1S/C21H15ClN6O7/c22-11-2-1-3-12(4-11)24-21(32)35-9-13-7-27(10-23-13)17-5-15-14(6-18(17)28(33)34)25-16(8-29)19(26-15)20(30)31/h1-8,10,16,25H,9H2,(H,24,32)(H,30,31). The number of carboxylic acids is 1. The number of nitrogens with zero attached hydrogens (tertiary/aromatic N) is 4. The molecule has 1 unspecified atom stereocenters. The number of rotatable bonds is 7. The fourth-order valence-electron chi connectivity index (χ4n) is 3.27. The summed E-state index contributed by atoms with van der Waals surface area (Å²) in [4.78, 5) is 53.8. The van der Waals surface area contributed by atoms with E-state index in [0.29, 0.717) is 17.0 Å². The SMILES string of the molecule is O=CC1Nc2cc([N+](=O)[O-])c(-n3cnc(COC(=O)Nc4cccc(Cl)c4)c3)cc2N=C1C(=O)O. The molecule has 3 N–H and O–H groups in total. The van der Waals surface area contributed by atoms with E-state index in [1.807, 2.05) is 0 Å². The molecule has 0 saturated carbocycles. The second-order valence-corrected chi connectivity index (χ2v) is 7.60. The number of aliphatic carboxylic acids is 1. The number of hydrogen-bond donors (Lipinski definition) is 3. The number of imidazole rings is 1. The normalized spacial score (nSPS) is 14.2. The zero-order valence-corrected chi connectivity index (χ0v) is 18.3. The first-order chi connectivity index (χ1) is 16.7. The Bertz CT molecular complexity index is 1390. The number of aliphatic imine (C=N–C) groups is 1. The van der Waals surface area contributed by atoms with Crippen LogP contribution in [0.5, 0.6) is 0 Å². The van der Waals surface area contributed by atoms with Gasteiger partial charge in [0.15, 0.2) is 5.71 Å². The molecule has 3 aromatic rings. The lowest BCUT2D eigenvalue weighted by atomic mass is 10.1. The Morgan fingerprint density at radius 2 is 2.14 bits per heavy atom. The number of hydrogen-bond acceptors (Lipinski definition) is 9. The predicted octanol–water partition coefficient (Wildman–Crippen LogP) is 3.33. The molecule has 1 aromatic heterocycles. The summed E-state index contributed by atoms with van der Waals surface area (Å²) in [6.07, 6.45) is 2.27. The number of anilines is 2. The minimum atomic E-state index is -1.40. The highest BCUT2D eigenvalue weighted by Gasteiger charge is 2.30. The van der Waals surface area contributed by atoms with Crippen LogP contribution in [0, 0.1) is 10.1 Å². The van der Waals surface area contributed by atoms with Gasteiger partial charge in [-0.15, -0.1) is 0 Å². The molecule has 0 bridgehead atoms. The quantitative estimate of drug-likeness (QED) is 0.250. The van der Waals surface area contributed by atoms with Crippen LogP contribution in [0.2, 0.25) is 5.02 Å². The van der Waals surface area contributed by atoms with E-state index in [9.17, 15) is 29.6 Å². The summed E-state index contributed by atoms with van der Waals surface area (Å²) in [5.74, 6) is -1.40. The van der Waals surface area contributed by atoms with Gasteiger partial charge < -0.3 is 20.0 Å². The van der Waals surface area contributed by atoms with Crippen LogP contribution in [0.1, 0.15) is 5.69 Å². The largest absolute Gasteiger partial charge is 0.477 e. The Hall–Kier alpha value is -4.78. The average Bonchev–Trinajstić information content (AvgIpc) is 3.30. The first kappa shape index (κ1) is 23.4. The fourth-order valence-corrected chi connectivity index (χ4v) is 3.46. The second kappa shape index (κ2) is 9.61. The van der Waals surface area contributed by atoms with Crippen molar-refractivity contribution < 1.29 is 29.2 Å². The first-order valence-corrected chi connectivity index (χ1v) is 10.2. The monoisotopic (exact) mass is 498 g/mol. The number of aromatic nitrogens is 2. The summed E-state index contributed by atoms with van der Waals surface area (Å²) >= 11 is 5.87.